The second-order valence-electron chi connectivity index (χ2n) is 8.75. The lowest BCUT2D eigenvalue weighted by atomic mass is 10.0. The summed E-state index contributed by atoms with van der Waals surface area (Å²) >= 11 is 0. The standard InChI is InChI=1S/C27H29F4N5O/c1-3-18-12-22(34-21-7-5-6-20(13-21)27(29,30)31)9-8-19(18)14-32-16-25-33-15-24(28)26(35-25)36-10-11-37-23(4-2)17-36/h5-9,12-15,23,34H,3-4,10-11,16-17H2,1-2H3. The fraction of sp³-hybridized carbons (Fsp3) is 0.370. The molecule has 1 atom stereocenters. The fourth-order valence-electron chi connectivity index (χ4n) is 4.13. The van der Waals surface area contributed by atoms with Crippen LogP contribution in [0.2, 0.25) is 0 Å². The van der Waals surface area contributed by atoms with Crippen LogP contribution in [-0.2, 0) is 23.9 Å². The summed E-state index contributed by atoms with van der Waals surface area (Å²) in [5, 5.41) is 3.04. The highest BCUT2D eigenvalue weighted by molar-refractivity contribution is 5.83. The first-order valence-electron chi connectivity index (χ1n) is 12.2. The van der Waals surface area contributed by atoms with E-state index >= 15 is 0 Å². The molecule has 1 fully saturated rings. The van der Waals surface area contributed by atoms with Gasteiger partial charge in [0.15, 0.2) is 17.5 Å². The van der Waals surface area contributed by atoms with Crippen molar-refractivity contribution in [3.8, 4) is 0 Å². The number of hydrogen-bond donors (Lipinski definition) is 1. The van der Waals surface area contributed by atoms with Crippen molar-refractivity contribution in [2.24, 2.45) is 4.99 Å². The molecule has 0 saturated carbocycles. The van der Waals surface area contributed by atoms with E-state index in [9.17, 15) is 17.6 Å². The van der Waals surface area contributed by atoms with Crippen LogP contribution >= 0.6 is 0 Å². The molecule has 0 aliphatic carbocycles. The predicted molar refractivity (Wildman–Crippen MR) is 136 cm³/mol. The average molecular weight is 516 g/mol. The minimum absolute atomic E-state index is 0.0445. The number of nitrogens with zero attached hydrogens (tertiary/aromatic N) is 4. The molecule has 1 aliphatic heterocycles. The third-order valence-corrected chi connectivity index (χ3v) is 6.13. The fourth-order valence-corrected chi connectivity index (χ4v) is 4.13. The Morgan fingerprint density at radius 1 is 1.16 bits per heavy atom. The highest BCUT2D eigenvalue weighted by Crippen LogP contribution is 2.31. The number of alkyl halides is 3. The molecule has 1 N–H and O–H groups in total. The Kier molecular flexibility index (Phi) is 8.38. The van der Waals surface area contributed by atoms with E-state index in [0.29, 0.717) is 43.3 Å². The van der Waals surface area contributed by atoms with Gasteiger partial charge in [0, 0.05) is 30.7 Å². The minimum Gasteiger partial charge on any atom is -0.375 e. The zero-order valence-corrected chi connectivity index (χ0v) is 20.7. The number of halogens is 4. The lowest BCUT2D eigenvalue weighted by Gasteiger charge is -2.33. The highest BCUT2D eigenvalue weighted by atomic mass is 19.4. The molecule has 0 bridgehead atoms. The van der Waals surface area contributed by atoms with Crippen LogP contribution in [0.15, 0.2) is 53.7 Å². The van der Waals surface area contributed by atoms with Crippen LogP contribution in [0.1, 0.15) is 42.8 Å². The topological polar surface area (TPSA) is 62.6 Å². The van der Waals surface area contributed by atoms with Crippen LogP contribution in [0, 0.1) is 5.82 Å². The second kappa shape index (κ2) is 11.7. The van der Waals surface area contributed by atoms with Gasteiger partial charge in [0.2, 0.25) is 0 Å². The van der Waals surface area contributed by atoms with Crippen molar-refractivity contribution < 1.29 is 22.3 Å². The summed E-state index contributed by atoms with van der Waals surface area (Å²) in [5.74, 6) is 0.205. The van der Waals surface area contributed by atoms with E-state index in [0.717, 1.165) is 29.7 Å². The molecule has 1 saturated heterocycles. The van der Waals surface area contributed by atoms with Crippen LogP contribution < -0.4 is 10.2 Å². The van der Waals surface area contributed by atoms with Gasteiger partial charge < -0.3 is 15.0 Å². The third kappa shape index (κ3) is 6.82. The summed E-state index contributed by atoms with van der Waals surface area (Å²) in [6.45, 7) is 5.86. The van der Waals surface area contributed by atoms with Gasteiger partial charge in [-0.25, -0.2) is 14.4 Å². The Bertz CT molecular complexity index is 1250. The first kappa shape index (κ1) is 26.5. The minimum atomic E-state index is -4.40. The number of nitrogens with one attached hydrogen (secondary N) is 1. The molecule has 2 aromatic carbocycles. The van der Waals surface area contributed by atoms with Gasteiger partial charge in [-0.1, -0.05) is 26.0 Å². The van der Waals surface area contributed by atoms with Gasteiger partial charge >= 0.3 is 6.18 Å². The predicted octanol–water partition coefficient (Wildman–Crippen LogP) is 6.17. The molecule has 3 aromatic rings. The average Bonchev–Trinajstić information content (AvgIpc) is 2.90. The number of aromatic nitrogens is 2. The van der Waals surface area contributed by atoms with Gasteiger partial charge in [-0.2, -0.15) is 13.2 Å². The summed E-state index contributed by atoms with van der Waals surface area (Å²) in [6, 6.07) is 10.6. The van der Waals surface area contributed by atoms with Crippen LogP contribution in [0.3, 0.4) is 0 Å². The lowest BCUT2D eigenvalue weighted by molar-refractivity contribution is -0.137. The number of rotatable bonds is 8. The molecule has 6 nitrogen and oxygen atoms in total. The molecule has 0 radical (unpaired) electrons. The van der Waals surface area contributed by atoms with E-state index in [2.05, 4.69) is 20.3 Å². The van der Waals surface area contributed by atoms with Gasteiger partial charge in [-0.3, -0.25) is 4.99 Å². The van der Waals surface area contributed by atoms with Crippen LogP contribution in [0.5, 0.6) is 0 Å². The van der Waals surface area contributed by atoms with E-state index in [1.165, 1.54) is 12.3 Å². The number of aliphatic imine (C=N–C) groups is 1. The van der Waals surface area contributed by atoms with Crippen molar-refractivity contribution in [1.82, 2.24) is 9.97 Å². The van der Waals surface area contributed by atoms with Crippen molar-refractivity contribution in [2.75, 3.05) is 29.9 Å². The van der Waals surface area contributed by atoms with Gasteiger partial charge in [0.1, 0.15) is 0 Å². The molecular formula is C27H29F4N5O. The summed E-state index contributed by atoms with van der Waals surface area (Å²) < 4.78 is 59.1. The first-order chi connectivity index (χ1) is 17.8. The molecule has 1 unspecified atom stereocenters. The van der Waals surface area contributed by atoms with E-state index < -0.39 is 17.6 Å². The number of hydrogen-bond acceptors (Lipinski definition) is 6. The van der Waals surface area contributed by atoms with Crippen molar-refractivity contribution in [3.05, 3.63) is 77.0 Å². The monoisotopic (exact) mass is 515 g/mol. The molecule has 1 aromatic heterocycles. The van der Waals surface area contributed by atoms with Crippen molar-refractivity contribution >= 4 is 23.4 Å². The van der Waals surface area contributed by atoms with E-state index in [-0.39, 0.29) is 18.5 Å². The molecule has 37 heavy (non-hydrogen) atoms. The normalized spacial score (nSPS) is 16.4. The largest absolute Gasteiger partial charge is 0.416 e. The molecular weight excluding hydrogens is 486 g/mol. The summed E-state index contributed by atoms with van der Waals surface area (Å²) in [5.41, 5.74) is 2.17. The smallest absolute Gasteiger partial charge is 0.375 e. The molecule has 0 spiro atoms. The Morgan fingerprint density at radius 2 is 1.97 bits per heavy atom. The Morgan fingerprint density at radius 3 is 2.73 bits per heavy atom. The number of ether oxygens (including phenoxy) is 1. The van der Waals surface area contributed by atoms with Gasteiger partial charge in [-0.05, 0) is 54.3 Å². The highest BCUT2D eigenvalue weighted by Gasteiger charge is 2.30. The molecule has 1 aliphatic rings. The maximum atomic E-state index is 14.4. The summed E-state index contributed by atoms with van der Waals surface area (Å²) in [6.07, 6.45) is 0.0711. The maximum absolute atomic E-state index is 14.4. The zero-order chi connectivity index (χ0) is 26.4. The third-order valence-electron chi connectivity index (χ3n) is 6.13. The van der Waals surface area contributed by atoms with Crippen molar-refractivity contribution in [3.63, 3.8) is 0 Å². The van der Waals surface area contributed by atoms with Crippen LogP contribution in [-0.4, -0.2) is 42.0 Å². The first-order valence-corrected chi connectivity index (χ1v) is 12.2. The quantitative estimate of drug-likeness (QED) is 0.287. The molecule has 4 rings (SSSR count). The van der Waals surface area contributed by atoms with E-state index in [1.807, 2.05) is 30.9 Å². The zero-order valence-electron chi connectivity index (χ0n) is 20.7. The number of anilines is 3. The van der Waals surface area contributed by atoms with Crippen LogP contribution in [0.25, 0.3) is 0 Å². The number of morpholine rings is 1. The number of aryl methyl sites for hydroxylation is 1. The van der Waals surface area contributed by atoms with Gasteiger partial charge in [0.25, 0.3) is 0 Å². The lowest BCUT2D eigenvalue weighted by Crippen LogP contribution is -2.43. The SMILES string of the molecule is CCc1cc(Nc2cccc(C(F)(F)F)c2)ccc1C=NCc1ncc(F)c(N2CCOC(CC)C2)n1. The Labute approximate surface area is 213 Å². The Hall–Kier alpha value is -3.53. The van der Waals surface area contributed by atoms with Gasteiger partial charge in [0.05, 0.1) is 31.0 Å². The van der Waals surface area contributed by atoms with Crippen LogP contribution in [0.4, 0.5) is 34.8 Å². The molecule has 0 amide bonds. The maximum Gasteiger partial charge on any atom is 0.416 e. The van der Waals surface area contributed by atoms with E-state index in [4.69, 9.17) is 4.74 Å². The van der Waals surface area contributed by atoms with Gasteiger partial charge in [-0.15, -0.1) is 0 Å². The molecule has 10 heteroatoms. The summed E-state index contributed by atoms with van der Waals surface area (Å²) in [7, 11) is 0. The molecule has 2 heterocycles. The summed E-state index contributed by atoms with van der Waals surface area (Å²) in [4.78, 5) is 14.8. The Balaban J connectivity index is 1.45. The van der Waals surface area contributed by atoms with Crippen molar-refractivity contribution in [2.45, 2.75) is 45.5 Å². The van der Waals surface area contributed by atoms with E-state index in [1.54, 1.807) is 18.3 Å². The van der Waals surface area contributed by atoms with Crippen molar-refractivity contribution in [1.29, 1.82) is 0 Å². The second-order valence-corrected chi connectivity index (χ2v) is 8.75. The molecule has 196 valence electrons. The number of benzene rings is 2.